The molecule has 0 aliphatic heterocycles. The number of anilines is 1. The molecule has 0 aliphatic rings. The third-order valence-electron chi connectivity index (χ3n) is 4.88. The van der Waals surface area contributed by atoms with E-state index >= 15 is 0 Å². The number of carboxylic acid groups (broad SMARTS) is 1. The van der Waals surface area contributed by atoms with Crippen molar-refractivity contribution in [1.82, 2.24) is 24.9 Å². The number of carboxylic acids is 1. The van der Waals surface area contributed by atoms with Crippen LogP contribution in [0.5, 0.6) is 0 Å². The summed E-state index contributed by atoms with van der Waals surface area (Å²) in [5.41, 5.74) is 2.62. The van der Waals surface area contributed by atoms with Crippen molar-refractivity contribution >= 4 is 45.5 Å². The molecule has 4 aromatic heterocycles. The second kappa shape index (κ2) is 7.04. The van der Waals surface area contributed by atoms with E-state index in [0.717, 1.165) is 22.0 Å². The van der Waals surface area contributed by atoms with E-state index in [2.05, 4.69) is 25.3 Å². The van der Waals surface area contributed by atoms with E-state index in [4.69, 9.17) is 16.6 Å². The molecule has 8 nitrogen and oxygen atoms in total. The Kier molecular flexibility index (Phi) is 4.66. The molecule has 1 atom stereocenters. The lowest BCUT2D eigenvalue weighted by Crippen LogP contribution is -2.36. The molecular formula is C20H21ClN6O2. The van der Waals surface area contributed by atoms with Crippen LogP contribution in [0.3, 0.4) is 0 Å². The summed E-state index contributed by atoms with van der Waals surface area (Å²) in [5.74, 6) is 0.185. The van der Waals surface area contributed by atoms with Crippen LogP contribution in [-0.2, 0) is 4.79 Å². The van der Waals surface area contributed by atoms with Gasteiger partial charge in [0.2, 0.25) is 0 Å². The summed E-state index contributed by atoms with van der Waals surface area (Å²) in [6.45, 7) is 5.98. The SMILES string of the molecule is CC(C)(C)C(CC(=O)O)Nc1nc(-c2c[nH]c3ncc(Cl)cc23)nc2cc[nH]c12. The number of hydrogen-bond acceptors (Lipinski definition) is 5. The summed E-state index contributed by atoms with van der Waals surface area (Å²) in [4.78, 5) is 31.3. The van der Waals surface area contributed by atoms with Crippen LogP contribution in [0.25, 0.3) is 33.5 Å². The fraction of sp³-hybridized carbons (Fsp3) is 0.300. The maximum Gasteiger partial charge on any atom is 0.305 e. The Bertz CT molecular complexity index is 1210. The smallest absolute Gasteiger partial charge is 0.305 e. The zero-order valence-corrected chi connectivity index (χ0v) is 17.0. The normalized spacial score (nSPS) is 13.1. The van der Waals surface area contributed by atoms with Gasteiger partial charge in [0.1, 0.15) is 11.2 Å². The number of nitrogens with zero attached hydrogens (tertiary/aromatic N) is 3. The van der Waals surface area contributed by atoms with Gasteiger partial charge in [-0.2, -0.15) is 0 Å². The van der Waals surface area contributed by atoms with E-state index in [9.17, 15) is 9.90 Å². The Morgan fingerprint density at radius 1 is 1.31 bits per heavy atom. The molecule has 0 bridgehead atoms. The summed E-state index contributed by atoms with van der Waals surface area (Å²) >= 11 is 6.12. The third-order valence-corrected chi connectivity index (χ3v) is 5.09. The molecule has 29 heavy (non-hydrogen) atoms. The van der Waals surface area contributed by atoms with Crippen molar-refractivity contribution in [3.05, 3.63) is 35.7 Å². The molecule has 4 aromatic rings. The Morgan fingerprint density at radius 3 is 2.83 bits per heavy atom. The molecule has 4 N–H and O–H groups in total. The zero-order chi connectivity index (χ0) is 20.8. The number of nitrogens with one attached hydrogen (secondary N) is 3. The molecular weight excluding hydrogens is 392 g/mol. The summed E-state index contributed by atoms with van der Waals surface area (Å²) in [7, 11) is 0. The minimum absolute atomic E-state index is 0.0301. The van der Waals surface area contributed by atoms with Crippen LogP contribution in [0.1, 0.15) is 27.2 Å². The van der Waals surface area contributed by atoms with Crippen molar-refractivity contribution in [3.8, 4) is 11.4 Å². The van der Waals surface area contributed by atoms with Gasteiger partial charge in [-0.3, -0.25) is 4.79 Å². The second-order valence-corrected chi connectivity index (χ2v) is 8.48. The molecule has 0 fully saturated rings. The van der Waals surface area contributed by atoms with E-state index in [1.54, 1.807) is 18.6 Å². The fourth-order valence-electron chi connectivity index (χ4n) is 3.25. The van der Waals surface area contributed by atoms with Gasteiger partial charge in [0.15, 0.2) is 11.6 Å². The Labute approximate surface area is 171 Å². The molecule has 0 saturated carbocycles. The van der Waals surface area contributed by atoms with Gasteiger partial charge in [0.05, 0.1) is 17.0 Å². The van der Waals surface area contributed by atoms with Crippen molar-refractivity contribution < 1.29 is 9.90 Å². The molecule has 1 unspecified atom stereocenters. The number of halogens is 1. The number of carbonyl (C=O) groups is 1. The summed E-state index contributed by atoms with van der Waals surface area (Å²) in [6.07, 6.45) is 5.13. The lowest BCUT2D eigenvalue weighted by Gasteiger charge is -2.31. The van der Waals surface area contributed by atoms with Crippen LogP contribution >= 0.6 is 11.6 Å². The first kappa shape index (κ1) is 19.2. The minimum Gasteiger partial charge on any atom is -0.481 e. The third kappa shape index (κ3) is 3.75. The van der Waals surface area contributed by atoms with E-state index in [0.29, 0.717) is 22.3 Å². The number of pyridine rings is 1. The van der Waals surface area contributed by atoms with Gasteiger partial charge < -0.3 is 20.4 Å². The molecule has 0 spiro atoms. The van der Waals surface area contributed by atoms with Gasteiger partial charge in [-0.25, -0.2) is 15.0 Å². The fourth-order valence-corrected chi connectivity index (χ4v) is 3.40. The highest BCUT2D eigenvalue weighted by Crippen LogP contribution is 2.32. The Balaban J connectivity index is 1.84. The molecule has 9 heteroatoms. The summed E-state index contributed by atoms with van der Waals surface area (Å²) in [6, 6.07) is 3.35. The summed E-state index contributed by atoms with van der Waals surface area (Å²) in [5, 5.41) is 14.0. The maximum atomic E-state index is 11.4. The molecule has 4 heterocycles. The van der Waals surface area contributed by atoms with Gasteiger partial charge in [-0.05, 0) is 17.5 Å². The molecule has 0 amide bonds. The Morgan fingerprint density at radius 2 is 2.10 bits per heavy atom. The maximum absolute atomic E-state index is 11.4. The van der Waals surface area contributed by atoms with Gasteiger partial charge in [0, 0.05) is 35.6 Å². The second-order valence-electron chi connectivity index (χ2n) is 8.05. The van der Waals surface area contributed by atoms with Gasteiger partial charge in [-0.1, -0.05) is 32.4 Å². The topological polar surface area (TPSA) is 120 Å². The number of fused-ring (bicyclic) bond motifs is 2. The average molecular weight is 413 g/mol. The largest absolute Gasteiger partial charge is 0.481 e. The molecule has 0 radical (unpaired) electrons. The van der Waals surface area contributed by atoms with Crippen LogP contribution < -0.4 is 5.32 Å². The number of aromatic nitrogens is 5. The van der Waals surface area contributed by atoms with Crippen molar-refractivity contribution in [2.45, 2.75) is 33.2 Å². The van der Waals surface area contributed by atoms with E-state index < -0.39 is 5.97 Å². The molecule has 0 aliphatic carbocycles. The van der Waals surface area contributed by atoms with Crippen LogP contribution in [0.2, 0.25) is 5.02 Å². The molecule has 0 saturated heterocycles. The first-order valence-electron chi connectivity index (χ1n) is 9.19. The number of H-pyrrole nitrogens is 2. The first-order chi connectivity index (χ1) is 13.7. The zero-order valence-electron chi connectivity index (χ0n) is 16.2. The quantitative estimate of drug-likeness (QED) is 0.384. The molecule has 150 valence electrons. The van der Waals surface area contributed by atoms with E-state index in [1.807, 2.05) is 32.9 Å². The van der Waals surface area contributed by atoms with E-state index in [1.165, 1.54) is 0 Å². The van der Waals surface area contributed by atoms with Crippen LogP contribution in [0.4, 0.5) is 5.82 Å². The summed E-state index contributed by atoms with van der Waals surface area (Å²) < 4.78 is 0. The highest BCUT2D eigenvalue weighted by molar-refractivity contribution is 6.31. The van der Waals surface area contributed by atoms with Crippen LogP contribution in [0.15, 0.2) is 30.7 Å². The predicted octanol–water partition coefficient (Wildman–Crippen LogP) is 4.46. The Hall–Kier alpha value is -3.13. The lowest BCUT2D eigenvalue weighted by molar-refractivity contribution is -0.137. The predicted molar refractivity (Wildman–Crippen MR) is 113 cm³/mol. The van der Waals surface area contributed by atoms with E-state index in [-0.39, 0.29) is 17.9 Å². The first-order valence-corrected chi connectivity index (χ1v) is 9.56. The lowest BCUT2D eigenvalue weighted by atomic mass is 9.84. The minimum atomic E-state index is -0.869. The van der Waals surface area contributed by atoms with Gasteiger partial charge in [0.25, 0.3) is 0 Å². The molecule has 4 rings (SSSR count). The molecule has 0 aromatic carbocycles. The number of aliphatic carboxylic acids is 1. The van der Waals surface area contributed by atoms with Crippen molar-refractivity contribution in [2.75, 3.05) is 5.32 Å². The van der Waals surface area contributed by atoms with Crippen molar-refractivity contribution in [3.63, 3.8) is 0 Å². The number of hydrogen-bond donors (Lipinski definition) is 4. The van der Waals surface area contributed by atoms with Gasteiger partial charge >= 0.3 is 5.97 Å². The average Bonchev–Trinajstić information content (AvgIpc) is 3.26. The van der Waals surface area contributed by atoms with Gasteiger partial charge in [-0.15, -0.1) is 0 Å². The highest BCUT2D eigenvalue weighted by atomic mass is 35.5. The monoisotopic (exact) mass is 412 g/mol. The van der Waals surface area contributed by atoms with Crippen molar-refractivity contribution in [1.29, 1.82) is 0 Å². The number of aromatic amines is 2. The van der Waals surface area contributed by atoms with Crippen molar-refractivity contribution in [2.24, 2.45) is 5.41 Å². The van der Waals surface area contributed by atoms with Crippen LogP contribution in [0, 0.1) is 5.41 Å². The number of rotatable bonds is 5. The standard InChI is InChI=1S/C20H21ClN6O2/c1-20(2,3)14(7-15(28)29)26-19-16-13(4-5-22-16)25-18(27-19)12-9-24-17-11(12)6-10(21)8-23-17/h4-6,8-9,14,22H,7H2,1-3H3,(H,23,24)(H,28,29)(H,25,26,27). The van der Waals surface area contributed by atoms with Crippen LogP contribution in [-0.4, -0.2) is 42.0 Å². The highest BCUT2D eigenvalue weighted by Gasteiger charge is 2.28.